The highest BCUT2D eigenvalue weighted by Crippen LogP contribution is 2.31. The molecular formula is C18H17NO2. The van der Waals surface area contributed by atoms with Crippen LogP contribution < -0.4 is 4.74 Å². The van der Waals surface area contributed by atoms with E-state index in [1.54, 1.807) is 0 Å². The number of ether oxygens (including phenoxy) is 1. The third-order valence-electron chi connectivity index (χ3n) is 3.55. The Kier molecular flexibility index (Phi) is 3.84. The van der Waals surface area contributed by atoms with Crippen molar-refractivity contribution in [3.8, 4) is 5.75 Å². The summed E-state index contributed by atoms with van der Waals surface area (Å²) in [4.78, 5) is 4.48. The predicted molar refractivity (Wildman–Crippen MR) is 83.2 cm³/mol. The molecule has 0 spiro atoms. The van der Waals surface area contributed by atoms with Gasteiger partial charge in [-0.3, -0.25) is 0 Å². The van der Waals surface area contributed by atoms with E-state index in [2.05, 4.69) is 4.98 Å². The van der Waals surface area contributed by atoms with Crippen LogP contribution in [0.5, 0.6) is 5.75 Å². The zero-order valence-electron chi connectivity index (χ0n) is 11.9. The molecule has 0 aliphatic rings. The normalized spacial score (nSPS) is 10.8. The topological polar surface area (TPSA) is 42.4 Å². The molecule has 0 saturated carbocycles. The van der Waals surface area contributed by atoms with Gasteiger partial charge in [0.2, 0.25) is 0 Å². The first-order chi connectivity index (χ1) is 10.3. The van der Waals surface area contributed by atoms with Crippen molar-refractivity contribution in [3.63, 3.8) is 0 Å². The number of aromatic nitrogens is 1. The van der Waals surface area contributed by atoms with Crippen molar-refractivity contribution in [2.45, 2.75) is 20.1 Å². The van der Waals surface area contributed by atoms with Crippen LogP contribution in [-0.4, -0.2) is 10.1 Å². The van der Waals surface area contributed by atoms with Crippen LogP contribution in [0.1, 0.15) is 16.8 Å². The van der Waals surface area contributed by atoms with Crippen LogP contribution in [0.3, 0.4) is 0 Å². The van der Waals surface area contributed by atoms with Gasteiger partial charge in [0.15, 0.2) is 0 Å². The highest BCUT2D eigenvalue weighted by Gasteiger charge is 2.12. The van der Waals surface area contributed by atoms with Gasteiger partial charge in [0.25, 0.3) is 0 Å². The van der Waals surface area contributed by atoms with E-state index in [1.165, 1.54) is 0 Å². The Morgan fingerprint density at radius 2 is 1.71 bits per heavy atom. The van der Waals surface area contributed by atoms with Gasteiger partial charge >= 0.3 is 0 Å². The fourth-order valence-corrected chi connectivity index (χ4v) is 2.40. The Labute approximate surface area is 123 Å². The summed E-state index contributed by atoms with van der Waals surface area (Å²) in [5.74, 6) is 0.800. The van der Waals surface area contributed by atoms with E-state index in [9.17, 15) is 5.11 Å². The van der Waals surface area contributed by atoms with E-state index in [-0.39, 0.29) is 6.61 Å². The molecule has 1 N–H and O–H groups in total. The summed E-state index contributed by atoms with van der Waals surface area (Å²) >= 11 is 0. The number of hydrogen-bond acceptors (Lipinski definition) is 3. The highest BCUT2D eigenvalue weighted by molar-refractivity contribution is 5.86. The van der Waals surface area contributed by atoms with E-state index in [4.69, 9.17) is 4.74 Å². The molecule has 106 valence electrons. The lowest BCUT2D eigenvalue weighted by Crippen LogP contribution is -2.02. The van der Waals surface area contributed by atoms with Crippen LogP contribution in [-0.2, 0) is 13.2 Å². The van der Waals surface area contributed by atoms with Crippen molar-refractivity contribution >= 4 is 10.9 Å². The minimum absolute atomic E-state index is 0.0850. The average Bonchev–Trinajstić information content (AvgIpc) is 2.54. The van der Waals surface area contributed by atoms with Crippen LogP contribution in [0, 0.1) is 6.92 Å². The van der Waals surface area contributed by atoms with Crippen LogP contribution in [0.2, 0.25) is 0 Å². The maximum atomic E-state index is 9.47. The molecule has 21 heavy (non-hydrogen) atoms. The Balaban J connectivity index is 2.01. The minimum atomic E-state index is -0.0850. The predicted octanol–water partition coefficient (Wildman–Crippen LogP) is 3.61. The van der Waals surface area contributed by atoms with Gasteiger partial charge in [-0.25, -0.2) is 4.98 Å². The molecule has 0 radical (unpaired) electrons. The van der Waals surface area contributed by atoms with E-state index < -0.39 is 0 Å². The molecule has 0 atom stereocenters. The number of pyridine rings is 1. The Bertz CT molecular complexity index is 754. The molecule has 1 aromatic heterocycles. The average molecular weight is 279 g/mol. The third kappa shape index (κ3) is 2.73. The molecule has 1 heterocycles. The first kappa shape index (κ1) is 13.6. The Hall–Kier alpha value is -2.39. The van der Waals surface area contributed by atoms with Crippen LogP contribution >= 0.6 is 0 Å². The van der Waals surface area contributed by atoms with Gasteiger partial charge in [-0.2, -0.15) is 0 Å². The molecule has 0 fully saturated rings. The van der Waals surface area contributed by atoms with Gasteiger partial charge in [-0.05, 0) is 24.6 Å². The number of nitrogens with zero attached hydrogens (tertiary/aromatic N) is 1. The molecule has 3 heteroatoms. The molecule has 3 rings (SSSR count). The van der Waals surface area contributed by atoms with E-state index in [0.29, 0.717) is 12.3 Å². The van der Waals surface area contributed by atoms with Crippen LogP contribution in [0.4, 0.5) is 0 Å². The molecule has 0 bridgehead atoms. The lowest BCUT2D eigenvalue weighted by atomic mass is 10.1. The lowest BCUT2D eigenvalue weighted by molar-refractivity contribution is 0.272. The second-order valence-electron chi connectivity index (χ2n) is 4.96. The van der Waals surface area contributed by atoms with Crippen molar-refractivity contribution in [2.75, 3.05) is 0 Å². The van der Waals surface area contributed by atoms with Gasteiger partial charge in [0.1, 0.15) is 12.4 Å². The maximum Gasteiger partial charge on any atom is 0.134 e. The number of hydrogen-bond donors (Lipinski definition) is 1. The molecule has 0 saturated heterocycles. The summed E-state index contributed by atoms with van der Waals surface area (Å²) in [5, 5.41) is 10.4. The summed E-state index contributed by atoms with van der Waals surface area (Å²) in [6.45, 7) is 2.35. The van der Waals surface area contributed by atoms with E-state index in [1.807, 2.05) is 61.5 Å². The van der Waals surface area contributed by atoms with Crippen molar-refractivity contribution in [1.29, 1.82) is 0 Å². The second kappa shape index (κ2) is 5.94. The molecule has 2 aromatic carbocycles. The summed E-state index contributed by atoms with van der Waals surface area (Å²) in [6.07, 6.45) is 0. The van der Waals surface area contributed by atoms with E-state index in [0.717, 1.165) is 27.8 Å². The summed E-state index contributed by atoms with van der Waals surface area (Å²) in [5.41, 5.74) is 3.52. The van der Waals surface area contributed by atoms with Gasteiger partial charge in [-0.15, -0.1) is 0 Å². The van der Waals surface area contributed by atoms with Crippen molar-refractivity contribution in [1.82, 2.24) is 4.98 Å². The molecule has 3 aromatic rings. The first-order valence-corrected chi connectivity index (χ1v) is 6.95. The Morgan fingerprint density at radius 3 is 2.48 bits per heavy atom. The highest BCUT2D eigenvalue weighted by atomic mass is 16.5. The summed E-state index contributed by atoms with van der Waals surface area (Å²) in [6, 6.07) is 17.9. The number of rotatable bonds is 4. The number of fused-ring (bicyclic) bond motifs is 1. The van der Waals surface area contributed by atoms with Crippen molar-refractivity contribution in [2.24, 2.45) is 0 Å². The minimum Gasteiger partial charge on any atom is -0.488 e. The SMILES string of the molecule is Cc1c(CO)nc2ccccc2c1OCc1ccccc1. The van der Waals surface area contributed by atoms with Crippen molar-refractivity contribution < 1.29 is 9.84 Å². The molecule has 0 unspecified atom stereocenters. The van der Waals surface area contributed by atoms with Gasteiger partial charge in [0.05, 0.1) is 17.8 Å². The lowest BCUT2D eigenvalue weighted by Gasteiger charge is -2.14. The van der Waals surface area contributed by atoms with Crippen LogP contribution in [0.25, 0.3) is 10.9 Å². The number of para-hydroxylation sites is 1. The summed E-state index contributed by atoms with van der Waals surface area (Å²) < 4.78 is 6.03. The molecular weight excluding hydrogens is 262 g/mol. The smallest absolute Gasteiger partial charge is 0.134 e. The van der Waals surface area contributed by atoms with Crippen LogP contribution in [0.15, 0.2) is 54.6 Å². The van der Waals surface area contributed by atoms with Gasteiger partial charge in [0, 0.05) is 10.9 Å². The fraction of sp³-hybridized carbons (Fsp3) is 0.167. The molecule has 0 aliphatic heterocycles. The molecule has 3 nitrogen and oxygen atoms in total. The molecule has 0 aliphatic carbocycles. The quantitative estimate of drug-likeness (QED) is 0.793. The number of benzene rings is 2. The Morgan fingerprint density at radius 1 is 1.00 bits per heavy atom. The molecule has 0 amide bonds. The maximum absolute atomic E-state index is 9.47. The van der Waals surface area contributed by atoms with Gasteiger partial charge in [-0.1, -0.05) is 42.5 Å². The monoisotopic (exact) mass is 279 g/mol. The fourth-order valence-electron chi connectivity index (χ4n) is 2.40. The first-order valence-electron chi connectivity index (χ1n) is 6.95. The zero-order valence-corrected chi connectivity index (χ0v) is 11.9. The number of aliphatic hydroxyl groups excluding tert-OH is 1. The second-order valence-corrected chi connectivity index (χ2v) is 4.96. The summed E-state index contributed by atoms with van der Waals surface area (Å²) in [7, 11) is 0. The largest absolute Gasteiger partial charge is 0.488 e. The zero-order chi connectivity index (χ0) is 14.7. The third-order valence-corrected chi connectivity index (χ3v) is 3.55. The number of aliphatic hydroxyl groups is 1. The van der Waals surface area contributed by atoms with Gasteiger partial charge < -0.3 is 9.84 Å². The van der Waals surface area contributed by atoms with Crippen molar-refractivity contribution in [3.05, 3.63) is 71.4 Å². The van der Waals surface area contributed by atoms with E-state index >= 15 is 0 Å². The standard InChI is InChI=1S/C18H17NO2/c1-13-17(11-20)19-16-10-6-5-9-15(16)18(13)21-12-14-7-3-2-4-8-14/h2-10,20H,11-12H2,1H3.